The number of carbonyl (C=O) groups excluding carboxylic acids is 3. The Bertz CT molecular complexity index is 444. The normalized spacial score (nSPS) is 32.2. The van der Waals surface area contributed by atoms with Crippen LogP contribution in [0.3, 0.4) is 0 Å². The van der Waals surface area contributed by atoms with Crippen molar-refractivity contribution < 1.29 is 14.4 Å². The Morgan fingerprint density at radius 2 is 2.17 bits per heavy atom. The maximum absolute atomic E-state index is 12.4. The average Bonchev–Trinajstić information content (AvgIpc) is 2.36. The van der Waals surface area contributed by atoms with E-state index in [1.807, 2.05) is 0 Å². The second-order valence-electron chi connectivity index (χ2n) is 5.17. The summed E-state index contributed by atoms with van der Waals surface area (Å²) in [6, 6.07) is 0. The minimum Gasteiger partial charge on any atom is -0.358 e. The predicted octanol–water partition coefficient (Wildman–Crippen LogP) is 0.464. The minimum atomic E-state index is -1.12. The van der Waals surface area contributed by atoms with Gasteiger partial charge in [-0.05, 0) is 25.2 Å². The zero-order valence-corrected chi connectivity index (χ0v) is 10.8. The fraction of sp³-hybridized carbons (Fsp3) is 0.615. The first-order chi connectivity index (χ1) is 8.43. The Balaban J connectivity index is 2.49. The molecule has 2 aliphatic rings. The Kier molecular flexibility index (Phi) is 3.00. The lowest BCUT2D eigenvalue weighted by atomic mass is 9.60. The summed E-state index contributed by atoms with van der Waals surface area (Å²) in [6.07, 6.45) is 2.09. The van der Waals surface area contributed by atoms with Crippen LogP contribution in [0.5, 0.6) is 0 Å². The highest BCUT2D eigenvalue weighted by Crippen LogP contribution is 2.48. The number of rotatable bonds is 1. The van der Waals surface area contributed by atoms with Gasteiger partial charge in [0.25, 0.3) is 0 Å². The van der Waals surface area contributed by atoms with Crippen LogP contribution in [-0.4, -0.2) is 36.7 Å². The van der Waals surface area contributed by atoms with Crippen molar-refractivity contribution >= 4 is 17.7 Å². The molecule has 2 unspecified atom stereocenters. The number of carbonyl (C=O) groups is 3. The third-order valence-electron chi connectivity index (χ3n) is 4.19. The Morgan fingerprint density at radius 3 is 2.78 bits per heavy atom. The van der Waals surface area contributed by atoms with E-state index in [0.717, 1.165) is 16.9 Å². The average molecular weight is 250 g/mol. The summed E-state index contributed by atoms with van der Waals surface area (Å²) in [4.78, 5) is 37.5. The SMILES string of the molecule is C=C1CCC2CC(=O)N(C)C(=O)C2(C(=O)NC)C1. The van der Waals surface area contributed by atoms with Crippen molar-refractivity contribution in [2.24, 2.45) is 11.3 Å². The van der Waals surface area contributed by atoms with Crippen molar-refractivity contribution in [1.82, 2.24) is 10.2 Å². The first kappa shape index (κ1) is 12.8. The van der Waals surface area contributed by atoms with Gasteiger partial charge in [0.1, 0.15) is 5.41 Å². The van der Waals surface area contributed by atoms with Crippen LogP contribution in [0.25, 0.3) is 0 Å². The highest BCUT2D eigenvalue weighted by atomic mass is 16.2. The molecule has 18 heavy (non-hydrogen) atoms. The first-order valence-corrected chi connectivity index (χ1v) is 6.13. The third kappa shape index (κ3) is 1.57. The van der Waals surface area contributed by atoms with E-state index in [2.05, 4.69) is 11.9 Å². The maximum Gasteiger partial charge on any atom is 0.245 e. The van der Waals surface area contributed by atoms with Crippen molar-refractivity contribution in [3.05, 3.63) is 12.2 Å². The zero-order valence-electron chi connectivity index (χ0n) is 10.8. The van der Waals surface area contributed by atoms with Gasteiger partial charge in [0.05, 0.1) is 0 Å². The van der Waals surface area contributed by atoms with Gasteiger partial charge < -0.3 is 5.32 Å². The van der Waals surface area contributed by atoms with Gasteiger partial charge in [0, 0.05) is 20.5 Å². The molecule has 0 bridgehead atoms. The number of allylic oxidation sites excluding steroid dienone is 1. The molecule has 2 fully saturated rings. The fourth-order valence-electron chi connectivity index (χ4n) is 3.12. The molecule has 5 nitrogen and oxygen atoms in total. The monoisotopic (exact) mass is 250 g/mol. The number of piperidine rings is 1. The number of fused-ring (bicyclic) bond motifs is 1. The number of nitrogens with one attached hydrogen (secondary N) is 1. The van der Waals surface area contributed by atoms with Gasteiger partial charge in [-0.25, -0.2) is 0 Å². The van der Waals surface area contributed by atoms with Gasteiger partial charge in [0.2, 0.25) is 17.7 Å². The number of nitrogens with zero attached hydrogens (tertiary/aromatic N) is 1. The molecule has 1 aliphatic heterocycles. The Hall–Kier alpha value is -1.65. The van der Waals surface area contributed by atoms with Crippen LogP contribution in [-0.2, 0) is 14.4 Å². The molecule has 1 heterocycles. The molecule has 0 radical (unpaired) electrons. The second-order valence-corrected chi connectivity index (χ2v) is 5.17. The van der Waals surface area contributed by atoms with Crippen LogP contribution in [0.1, 0.15) is 25.7 Å². The summed E-state index contributed by atoms with van der Waals surface area (Å²) in [5, 5.41) is 2.57. The van der Waals surface area contributed by atoms with Crippen molar-refractivity contribution in [3.63, 3.8) is 0 Å². The molecule has 1 N–H and O–H groups in total. The Labute approximate surface area is 106 Å². The standard InChI is InChI=1S/C13H18N2O3/c1-8-4-5-9-6-10(16)15(3)12(18)13(9,7-8)11(17)14-2/h9H,1,4-7H2,2-3H3,(H,14,17). The van der Waals surface area contributed by atoms with Crippen molar-refractivity contribution in [3.8, 4) is 0 Å². The van der Waals surface area contributed by atoms with E-state index in [9.17, 15) is 14.4 Å². The lowest BCUT2D eigenvalue weighted by molar-refractivity contribution is -0.166. The van der Waals surface area contributed by atoms with E-state index in [-0.39, 0.29) is 30.1 Å². The number of hydrogen-bond donors (Lipinski definition) is 1. The molecule has 98 valence electrons. The van der Waals surface area contributed by atoms with E-state index < -0.39 is 5.41 Å². The third-order valence-corrected chi connectivity index (χ3v) is 4.19. The van der Waals surface area contributed by atoms with Gasteiger partial charge >= 0.3 is 0 Å². The molecular formula is C13H18N2O3. The van der Waals surface area contributed by atoms with Crippen molar-refractivity contribution in [2.75, 3.05) is 14.1 Å². The molecule has 1 saturated carbocycles. The zero-order chi connectivity index (χ0) is 13.5. The summed E-state index contributed by atoms with van der Waals surface area (Å²) < 4.78 is 0. The second kappa shape index (κ2) is 4.23. The molecule has 3 amide bonds. The maximum atomic E-state index is 12.4. The van der Waals surface area contributed by atoms with Gasteiger partial charge in [-0.1, -0.05) is 12.2 Å². The molecular weight excluding hydrogens is 232 g/mol. The van der Waals surface area contributed by atoms with E-state index >= 15 is 0 Å². The van der Waals surface area contributed by atoms with Gasteiger partial charge in [-0.15, -0.1) is 0 Å². The molecule has 2 rings (SSSR count). The highest BCUT2D eigenvalue weighted by molar-refractivity contribution is 6.12. The lowest BCUT2D eigenvalue weighted by Gasteiger charge is -2.46. The highest BCUT2D eigenvalue weighted by Gasteiger charge is 2.58. The van der Waals surface area contributed by atoms with Crippen LogP contribution in [0.4, 0.5) is 0 Å². The molecule has 2 atom stereocenters. The summed E-state index contributed by atoms with van der Waals surface area (Å²) in [6.45, 7) is 3.91. The number of likely N-dealkylation sites (tertiary alicyclic amines) is 1. The van der Waals surface area contributed by atoms with E-state index in [4.69, 9.17) is 0 Å². The topological polar surface area (TPSA) is 66.5 Å². The first-order valence-electron chi connectivity index (χ1n) is 6.13. The smallest absolute Gasteiger partial charge is 0.245 e. The Morgan fingerprint density at radius 1 is 1.50 bits per heavy atom. The summed E-state index contributed by atoms with van der Waals surface area (Å²) >= 11 is 0. The van der Waals surface area contributed by atoms with E-state index in [0.29, 0.717) is 12.8 Å². The molecule has 0 aromatic carbocycles. The lowest BCUT2D eigenvalue weighted by Crippen LogP contribution is -2.61. The number of amides is 3. The molecule has 0 spiro atoms. The van der Waals surface area contributed by atoms with Gasteiger partial charge in [0.15, 0.2) is 0 Å². The quantitative estimate of drug-likeness (QED) is 0.418. The van der Waals surface area contributed by atoms with Gasteiger partial charge in [-0.3, -0.25) is 19.3 Å². The molecule has 5 heteroatoms. The van der Waals surface area contributed by atoms with Crippen LogP contribution in [0, 0.1) is 11.3 Å². The summed E-state index contributed by atoms with van der Waals surface area (Å²) in [5.74, 6) is -1.07. The van der Waals surface area contributed by atoms with Crippen LogP contribution < -0.4 is 5.32 Å². The number of hydrogen-bond acceptors (Lipinski definition) is 3. The number of imide groups is 1. The largest absolute Gasteiger partial charge is 0.358 e. The van der Waals surface area contributed by atoms with Crippen LogP contribution in [0.15, 0.2) is 12.2 Å². The van der Waals surface area contributed by atoms with Crippen molar-refractivity contribution in [1.29, 1.82) is 0 Å². The fourth-order valence-corrected chi connectivity index (χ4v) is 3.12. The van der Waals surface area contributed by atoms with Crippen LogP contribution >= 0.6 is 0 Å². The molecule has 1 saturated heterocycles. The van der Waals surface area contributed by atoms with E-state index in [1.54, 1.807) is 0 Å². The van der Waals surface area contributed by atoms with Crippen LogP contribution in [0.2, 0.25) is 0 Å². The molecule has 0 aromatic heterocycles. The molecule has 1 aliphatic carbocycles. The van der Waals surface area contributed by atoms with Crippen molar-refractivity contribution in [2.45, 2.75) is 25.7 Å². The minimum absolute atomic E-state index is 0.195. The van der Waals surface area contributed by atoms with Gasteiger partial charge in [-0.2, -0.15) is 0 Å². The predicted molar refractivity (Wildman–Crippen MR) is 65.4 cm³/mol. The molecule has 0 aromatic rings. The summed E-state index contributed by atoms with van der Waals surface area (Å²) in [7, 11) is 2.97. The van der Waals surface area contributed by atoms with E-state index in [1.165, 1.54) is 14.1 Å². The summed E-state index contributed by atoms with van der Waals surface area (Å²) in [5.41, 5.74) is -0.210.